The molecule has 0 radical (unpaired) electrons. The molecule has 0 aliphatic carbocycles. The average Bonchev–Trinajstić information content (AvgIpc) is 3.27. The highest BCUT2D eigenvalue weighted by Gasteiger charge is 2.16. The molecule has 0 saturated carbocycles. The number of nitrogens with one attached hydrogen (secondary N) is 1. The van der Waals surface area contributed by atoms with Crippen molar-refractivity contribution in [2.24, 2.45) is 10.7 Å². The van der Waals surface area contributed by atoms with Crippen molar-refractivity contribution >= 4 is 17.1 Å². The number of halogens is 1. The minimum absolute atomic E-state index is 0.0693. The first-order valence-corrected chi connectivity index (χ1v) is 9.82. The number of aromatic nitrogens is 5. The van der Waals surface area contributed by atoms with Crippen LogP contribution in [0, 0.1) is 0 Å². The normalized spacial score (nSPS) is 16.8. The van der Waals surface area contributed by atoms with Crippen LogP contribution in [0.15, 0.2) is 46.5 Å². The van der Waals surface area contributed by atoms with E-state index in [0.717, 1.165) is 12.8 Å². The molecule has 162 valence electrons. The number of pyridine rings is 1. The lowest BCUT2D eigenvalue weighted by atomic mass is 10.1. The van der Waals surface area contributed by atoms with Gasteiger partial charge in [-0.2, -0.15) is 4.98 Å². The van der Waals surface area contributed by atoms with Crippen molar-refractivity contribution in [3.8, 4) is 17.4 Å². The Kier molecular flexibility index (Phi) is 6.03. The molecule has 31 heavy (non-hydrogen) atoms. The Bertz CT molecular complexity index is 1180. The van der Waals surface area contributed by atoms with Gasteiger partial charge in [-0.25, -0.2) is 9.37 Å². The van der Waals surface area contributed by atoms with Crippen LogP contribution >= 0.6 is 0 Å². The van der Waals surface area contributed by atoms with E-state index >= 15 is 0 Å². The molecule has 0 unspecified atom stereocenters. The van der Waals surface area contributed by atoms with E-state index in [-0.39, 0.29) is 23.3 Å². The summed E-state index contributed by atoms with van der Waals surface area (Å²) >= 11 is 0. The van der Waals surface area contributed by atoms with Crippen LogP contribution in [0.1, 0.15) is 26.1 Å². The minimum atomic E-state index is -1.25. The lowest BCUT2D eigenvalue weighted by Gasteiger charge is -2.18. The molecular formula is C20H22FN7O3. The Morgan fingerprint density at radius 3 is 2.97 bits per heavy atom. The molecular weight excluding hydrogens is 405 g/mol. The predicted octanol–water partition coefficient (Wildman–Crippen LogP) is 2.10. The highest BCUT2D eigenvalue weighted by Crippen LogP contribution is 2.24. The Balaban J connectivity index is 1.65. The van der Waals surface area contributed by atoms with Crippen LogP contribution in [0.2, 0.25) is 0 Å². The molecule has 3 N–H and O–H groups in total. The van der Waals surface area contributed by atoms with E-state index in [1.807, 2.05) is 0 Å². The number of H-pyrrole nitrogens is 1. The van der Waals surface area contributed by atoms with Crippen LogP contribution in [0.3, 0.4) is 0 Å². The van der Waals surface area contributed by atoms with Crippen molar-refractivity contribution in [1.29, 1.82) is 0 Å². The monoisotopic (exact) mass is 427 g/mol. The van der Waals surface area contributed by atoms with Crippen LogP contribution in [-0.2, 0) is 4.74 Å². The third kappa shape index (κ3) is 4.61. The molecule has 0 spiro atoms. The summed E-state index contributed by atoms with van der Waals surface area (Å²) in [6.07, 6.45) is 7.46. The van der Waals surface area contributed by atoms with Gasteiger partial charge in [-0.05, 0) is 25.8 Å². The van der Waals surface area contributed by atoms with Crippen molar-refractivity contribution in [2.45, 2.75) is 32.1 Å². The third-order valence-electron chi connectivity index (χ3n) is 4.84. The number of fused-ring (bicyclic) bond motifs is 1. The fourth-order valence-corrected chi connectivity index (χ4v) is 3.16. The lowest BCUT2D eigenvalue weighted by Crippen LogP contribution is -2.19. The fourth-order valence-electron chi connectivity index (χ4n) is 3.16. The maximum absolute atomic E-state index is 13.6. The largest absolute Gasteiger partial charge is 0.422 e. The standard InChI is InChI=1S/C20H22FN7O3/c1-12(21)28-10-16(25-11-28)18-17-15(2-5-23-18)19(29)27-20(26-17)31-14(8-22)9-24-13-3-6-30-7-4-13/h2,5,8-13H,3-4,6-7,22H2,1H3,(H,26,27,29)/t12-/m0/s1. The molecule has 10 nitrogen and oxygen atoms in total. The van der Waals surface area contributed by atoms with Gasteiger partial charge in [0.25, 0.3) is 5.56 Å². The van der Waals surface area contributed by atoms with Gasteiger partial charge in [0.2, 0.25) is 0 Å². The number of hydrogen-bond acceptors (Lipinski definition) is 8. The first kappa shape index (κ1) is 20.7. The summed E-state index contributed by atoms with van der Waals surface area (Å²) in [5, 5.41) is 0.300. The quantitative estimate of drug-likeness (QED) is 0.454. The zero-order valence-corrected chi connectivity index (χ0v) is 16.9. The van der Waals surface area contributed by atoms with Gasteiger partial charge in [0.1, 0.15) is 16.9 Å². The average molecular weight is 427 g/mol. The van der Waals surface area contributed by atoms with Crippen LogP contribution < -0.4 is 16.0 Å². The second-order valence-electron chi connectivity index (χ2n) is 7.00. The molecule has 1 aliphatic heterocycles. The van der Waals surface area contributed by atoms with Gasteiger partial charge in [0.15, 0.2) is 12.1 Å². The van der Waals surface area contributed by atoms with Gasteiger partial charge in [-0.15, -0.1) is 0 Å². The second-order valence-corrected chi connectivity index (χ2v) is 7.00. The van der Waals surface area contributed by atoms with Crippen molar-refractivity contribution in [2.75, 3.05) is 13.2 Å². The van der Waals surface area contributed by atoms with Crippen molar-refractivity contribution in [1.82, 2.24) is 24.5 Å². The number of hydrogen-bond donors (Lipinski definition) is 2. The first-order valence-electron chi connectivity index (χ1n) is 9.82. The summed E-state index contributed by atoms with van der Waals surface area (Å²) in [6, 6.07) is 1.59. The van der Waals surface area contributed by atoms with Gasteiger partial charge in [0.05, 0.1) is 24.0 Å². The number of rotatable bonds is 6. The number of alkyl halides is 1. The Morgan fingerprint density at radius 2 is 2.26 bits per heavy atom. The number of ether oxygens (including phenoxy) is 2. The topological polar surface area (TPSA) is 133 Å². The lowest BCUT2D eigenvalue weighted by molar-refractivity contribution is 0.0872. The van der Waals surface area contributed by atoms with Gasteiger partial charge in [-0.1, -0.05) is 0 Å². The summed E-state index contributed by atoms with van der Waals surface area (Å²) in [4.78, 5) is 32.5. The minimum Gasteiger partial charge on any atom is -0.422 e. The molecule has 11 heteroatoms. The summed E-state index contributed by atoms with van der Waals surface area (Å²) in [6.45, 7) is 2.72. The number of allylic oxidation sites excluding steroid dienone is 1. The molecule has 0 aromatic carbocycles. The summed E-state index contributed by atoms with van der Waals surface area (Å²) in [7, 11) is 0. The predicted molar refractivity (Wildman–Crippen MR) is 112 cm³/mol. The second kappa shape index (κ2) is 9.04. The van der Waals surface area contributed by atoms with Gasteiger partial charge in [0, 0.05) is 31.8 Å². The Hall–Kier alpha value is -3.60. The van der Waals surface area contributed by atoms with Gasteiger partial charge < -0.3 is 19.8 Å². The van der Waals surface area contributed by atoms with Crippen molar-refractivity contribution in [3.05, 3.63) is 47.1 Å². The van der Waals surface area contributed by atoms with Gasteiger partial charge in [-0.3, -0.25) is 19.8 Å². The van der Waals surface area contributed by atoms with Crippen LogP contribution in [-0.4, -0.2) is 50.0 Å². The molecule has 1 fully saturated rings. The smallest absolute Gasteiger partial charge is 0.302 e. The van der Waals surface area contributed by atoms with E-state index in [1.54, 1.807) is 0 Å². The third-order valence-corrected chi connectivity index (χ3v) is 4.84. The summed E-state index contributed by atoms with van der Waals surface area (Å²) in [5.74, 6) is 0.231. The molecule has 4 heterocycles. The molecule has 1 aliphatic rings. The summed E-state index contributed by atoms with van der Waals surface area (Å²) in [5.41, 5.74) is 6.23. The Labute approximate surface area is 176 Å². The van der Waals surface area contributed by atoms with E-state index in [0.29, 0.717) is 30.0 Å². The number of nitrogens with two attached hydrogens (primary N) is 1. The van der Waals surface area contributed by atoms with E-state index in [4.69, 9.17) is 15.2 Å². The molecule has 4 rings (SSSR count). The summed E-state index contributed by atoms with van der Waals surface area (Å²) < 4.78 is 25.8. The van der Waals surface area contributed by atoms with Gasteiger partial charge >= 0.3 is 6.01 Å². The fraction of sp³-hybridized carbons (Fsp3) is 0.350. The zero-order valence-electron chi connectivity index (χ0n) is 16.9. The number of aliphatic imine (C=N–C) groups is 1. The van der Waals surface area contributed by atoms with Crippen molar-refractivity contribution in [3.63, 3.8) is 0 Å². The number of imidazole rings is 1. The maximum Gasteiger partial charge on any atom is 0.302 e. The molecule has 1 atom stereocenters. The Morgan fingerprint density at radius 1 is 1.45 bits per heavy atom. The van der Waals surface area contributed by atoms with E-state index in [2.05, 4.69) is 24.9 Å². The number of aromatic amines is 1. The molecule has 1 saturated heterocycles. The molecule has 0 amide bonds. The van der Waals surface area contributed by atoms with Crippen LogP contribution in [0.5, 0.6) is 6.01 Å². The highest BCUT2D eigenvalue weighted by atomic mass is 19.1. The molecule has 3 aromatic heterocycles. The highest BCUT2D eigenvalue weighted by molar-refractivity contribution is 5.89. The molecule has 0 bridgehead atoms. The zero-order chi connectivity index (χ0) is 21.8. The van der Waals surface area contributed by atoms with E-state index < -0.39 is 11.9 Å². The maximum atomic E-state index is 13.6. The van der Waals surface area contributed by atoms with E-state index in [1.165, 1.54) is 48.7 Å². The molecule has 3 aromatic rings. The SMILES string of the molecule is C[C@@H](F)n1cnc(-c2nccc3c(=O)[nH]c(OC(C=NC4CCOCC4)=CN)nc23)c1. The number of nitrogens with zero attached hydrogens (tertiary/aromatic N) is 5. The van der Waals surface area contributed by atoms with Crippen LogP contribution in [0.4, 0.5) is 4.39 Å². The van der Waals surface area contributed by atoms with E-state index in [9.17, 15) is 9.18 Å². The first-order chi connectivity index (χ1) is 15.0. The van der Waals surface area contributed by atoms with Crippen molar-refractivity contribution < 1.29 is 13.9 Å². The van der Waals surface area contributed by atoms with Crippen LogP contribution in [0.25, 0.3) is 22.3 Å².